The van der Waals surface area contributed by atoms with Crippen LogP contribution in [0, 0.1) is 0 Å². The van der Waals surface area contributed by atoms with Crippen LogP contribution in [0.2, 0.25) is 0 Å². The number of ether oxygens (including phenoxy) is 2. The summed E-state index contributed by atoms with van der Waals surface area (Å²) in [5.74, 6) is -1.09. The first-order valence-corrected chi connectivity index (χ1v) is 7.97. The lowest BCUT2D eigenvalue weighted by Gasteiger charge is -2.25. The minimum Gasteiger partial charge on any atom is -0.460 e. The first-order valence-electron chi connectivity index (χ1n) is 7.16. The van der Waals surface area contributed by atoms with Crippen LogP contribution in [0.25, 0.3) is 0 Å². The van der Waals surface area contributed by atoms with Gasteiger partial charge in [-0.05, 0) is 41.5 Å². The molecule has 0 fully saturated rings. The number of hydrogen-bond acceptors (Lipinski definition) is 9. The van der Waals surface area contributed by atoms with E-state index in [1.165, 1.54) is 0 Å². The number of esters is 2. The number of carbonyl (C=O) groups excluding carboxylic acids is 2. The van der Waals surface area contributed by atoms with Gasteiger partial charge in [0.05, 0.1) is 6.42 Å². The maximum absolute atomic E-state index is 12.3. The highest BCUT2D eigenvalue weighted by Crippen LogP contribution is 2.20. The quantitative estimate of drug-likeness (QED) is 0.779. The molecule has 8 nitrogen and oxygen atoms in total. The van der Waals surface area contributed by atoms with Gasteiger partial charge in [-0.25, -0.2) is 4.79 Å². The number of nitrogen functional groups attached to an aromatic ring is 1. The van der Waals surface area contributed by atoms with E-state index in [1.54, 1.807) is 41.5 Å². The molecule has 0 radical (unpaired) electrons. The fourth-order valence-corrected chi connectivity index (χ4v) is 2.12. The molecule has 0 saturated heterocycles. The predicted molar refractivity (Wildman–Crippen MR) is 88.0 cm³/mol. The number of hydrogen-bond donors (Lipinski definition) is 2. The van der Waals surface area contributed by atoms with Crippen LogP contribution in [0.3, 0.4) is 0 Å². The van der Waals surface area contributed by atoms with Gasteiger partial charge in [-0.2, -0.15) is 0 Å². The average Bonchev–Trinajstić information content (AvgIpc) is 2.69. The Labute approximate surface area is 139 Å². The number of nitrogens with zero attached hydrogens (tertiary/aromatic N) is 2. The standard InChI is InChI=1S/C14H24N4O4S/c1-13(2,3)21-9(19)7-8(10(20)22-14(4,5)6)16-12-18-17-11(15)23-12/h8H,7H2,1-6H3,(H2,15,17)(H,16,18)/t8-/m0/s1. The minimum absolute atomic E-state index is 0.189. The number of rotatable bonds is 5. The SMILES string of the molecule is CC(C)(C)OC(=O)C[C@H](Nc1nnc(N)s1)C(=O)OC(C)(C)C. The predicted octanol–water partition coefficient (Wildman–Crippen LogP) is 1.97. The Morgan fingerprint density at radius 1 is 1.13 bits per heavy atom. The fraction of sp³-hybridized carbons (Fsp3) is 0.714. The van der Waals surface area contributed by atoms with Crippen molar-refractivity contribution >= 4 is 33.5 Å². The van der Waals surface area contributed by atoms with Gasteiger partial charge in [-0.15, -0.1) is 10.2 Å². The van der Waals surface area contributed by atoms with Crippen LogP contribution in [0.4, 0.5) is 10.3 Å². The summed E-state index contributed by atoms with van der Waals surface area (Å²) in [6.07, 6.45) is -0.189. The van der Waals surface area contributed by atoms with Gasteiger partial charge in [0, 0.05) is 0 Å². The van der Waals surface area contributed by atoms with E-state index in [1.807, 2.05) is 0 Å². The largest absolute Gasteiger partial charge is 0.460 e. The Kier molecular flexibility index (Phi) is 5.92. The molecule has 0 bridgehead atoms. The molecule has 0 spiro atoms. The van der Waals surface area contributed by atoms with Crippen LogP contribution < -0.4 is 11.1 Å². The van der Waals surface area contributed by atoms with Crippen molar-refractivity contribution in [3.05, 3.63) is 0 Å². The summed E-state index contributed by atoms with van der Waals surface area (Å²) >= 11 is 1.08. The van der Waals surface area contributed by atoms with E-state index in [2.05, 4.69) is 15.5 Å². The second-order valence-electron chi connectivity index (χ2n) is 6.97. The van der Waals surface area contributed by atoms with Crippen molar-refractivity contribution in [1.29, 1.82) is 0 Å². The lowest BCUT2D eigenvalue weighted by atomic mass is 10.1. The molecule has 1 aromatic rings. The maximum atomic E-state index is 12.3. The summed E-state index contributed by atoms with van der Waals surface area (Å²) in [6.45, 7) is 10.5. The minimum atomic E-state index is -0.934. The Morgan fingerprint density at radius 2 is 1.70 bits per heavy atom. The summed E-state index contributed by atoms with van der Waals surface area (Å²) in [5.41, 5.74) is 4.20. The molecule has 0 amide bonds. The van der Waals surface area contributed by atoms with Gasteiger partial charge in [0.15, 0.2) is 0 Å². The van der Waals surface area contributed by atoms with E-state index in [4.69, 9.17) is 15.2 Å². The number of nitrogens with one attached hydrogen (secondary N) is 1. The average molecular weight is 344 g/mol. The Morgan fingerprint density at radius 3 is 2.13 bits per heavy atom. The molecular formula is C14H24N4O4S. The monoisotopic (exact) mass is 344 g/mol. The lowest BCUT2D eigenvalue weighted by molar-refractivity contribution is -0.163. The highest BCUT2D eigenvalue weighted by Gasteiger charge is 2.30. The topological polar surface area (TPSA) is 116 Å². The third-order valence-electron chi connectivity index (χ3n) is 2.22. The normalized spacial score (nSPS) is 13.3. The molecular weight excluding hydrogens is 320 g/mol. The molecule has 0 saturated carbocycles. The summed E-state index contributed by atoms with van der Waals surface area (Å²) < 4.78 is 10.6. The van der Waals surface area contributed by atoms with Gasteiger partial charge in [-0.3, -0.25) is 4.79 Å². The zero-order valence-corrected chi connectivity index (χ0v) is 15.1. The Balaban J connectivity index is 2.83. The summed E-state index contributed by atoms with van der Waals surface area (Å²) in [5, 5.41) is 10.9. The molecule has 1 aromatic heterocycles. The van der Waals surface area contributed by atoms with Crippen LogP contribution in [0.15, 0.2) is 0 Å². The zero-order chi connectivity index (χ0) is 17.8. The van der Waals surface area contributed by atoms with Crippen molar-refractivity contribution in [2.75, 3.05) is 11.1 Å². The highest BCUT2D eigenvalue weighted by atomic mass is 32.1. The van der Waals surface area contributed by atoms with Crippen molar-refractivity contribution in [3.63, 3.8) is 0 Å². The number of carbonyl (C=O) groups is 2. The second kappa shape index (κ2) is 7.12. The number of anilines is 2. The van der Waals surface area contributed by atoms with E-state index in [9.17, 15) is 9.59 Å². The number of aromatic nitrogens is 2. The molecule has 3 N–H and O–H groups in total. The van der Waals surface area contributed by atoms with Gasteiger partial charge >= 0.3 is 11.9 Å². The van der Waals surface area contributed by atoms with Crippen molar-refractivity contribution in [2.24, 2.45) is 0 Å². The first-order chi connectivity index (χ1) is 10.4. The Bertz CT molecular complexity index is 560. The summed E-state index contributed by atoms with van der Waals surface area (Å²) in [6, 6.07) is -0.934. The van der Waals surface area contributed by atoms with Crippen LogP contribution in [0.1, 0.15) is 48.0 Å². The van der Waals surface area contributed by atoms with Crippen molar-refractivity contribution in [2.45, 2.75) is 65.2 Å². The number of nitrogens with two attached hydrogens (primary N) is 1. The molecule has 1 atom stereocenters. The first kappa shape index (κ1) is 19.1. The molecule has 1 heterocycles. The molecule has 0 aliphatic rings. The van der Waals surface area contributed by atoms with Gasteiger partial charge in [0.2, 0.25) is 10.3 Å². The molecule has 0 aromatic carbocycles. The van der Waals surface area contributed by atoms with E-state index in [0.29, 0.717) is 5.13 Å². The lowest BCUT2D eigenvalue weighted by Crippen LogP contribution is -2.39. The Hall–Kier alpha value is -1.90. The van der Waals surface area contributed by atoms with Crippen molar-refractivity contribution < 1.29 is 19.1 Å². The van der Waals surface area contributed by atoms with Crippen molar-refractivity contribution in [1.82, 2.24) is 10.2 Å². The van der Waals surface area contributed by atoms with E-state index in [-0.39, 0.29) is 11.6 Å². The zero-order valence-electron chi connectivity index (χ0n) is 14.3. The molecule has 0 unspecified atom stereocenters. The van der Waals surface area contributed by atoms with Crippen LogP contribution in [-0.4, -0.2) is 39.4 Å². The third kappa shape index (κ3) is 7.78. The summed E-state index contributed by atoms with van der Waals surface area (Å²) in [7, 11) is 0. The van der Waals surface area contributed by atoms with Crippen molar-refractivity contribution in [3.8, 4) is 0 Å². The van der Waals surface area contributed by atoms with Gasteiger partial charge < -0.3 is 20.5 Å². The molecule has 23 heavy (non-hydrogen) atoms. The third-order valence-corrected chi connectivity index (χ3v) is 2.90. The van der Waals surface area contributed by atoms with E-state index in [0.717, 1.165) is 11.3 Å². The van der Waals surface area contributed by atoms with Gasteiger partial charge in [0.1, 0.15) is 17.2 Å². The molecule has 130 valence electrons. The van der Waals surface area contributed by atoms with Gasteiger partial charge in [0.25, 0.3) is 0 Å². The summed E-state index contributed by atoms with van der Waals surface area (Å²) in [4.78, 5) is 24.3. The van der Waals surface area contributed by atoms with Crippen LogP contribution in [0.5, 0.6) is 0 Å². The highest BCUT2D eigenvalue weighted by molar-refractivity contribution is 7.18. The second-order valence-corrected chi connectivity index (χ2v) is 7.98. The smallest absolute Gasteiger partial charge is 0.329 e. The van der Waals surface area contributed by atoms with Gasteiger partial charge in [-0.1, -0.05) is 11.3 Å². The van der Waals surface area contributed by atoms with Crippen LogP contribution in [-0.2, 0) is 19.1 Å². The molecule has 9 heteroatoms. The molecule has 0 aliphatic carbocycles. The fourth-order valence-electron chi connectivity index (χ4n) is 1.56. The van der Waals surface area contributed by atoms with E-state index < -0.39 is 29.2 Å². The molecule has 0 aliphatic heterocycles. The maximum Gasteiger partial charge on any atom is 0.329 e. The molecule has 1 rings (SSSR count). The van der Waals surface area contributed by atoms with Crippen LogP contribution >= 0.6 is 11.3 Å². The van der Waals surface area contributed by atoms with E-state index >= 15 is 0 Å².